The summed E-state index contributed by atoms with van der Waals surface area (Å²) < 4.78 is 32.9. The molecule has 0 bridgehead atoms. The summed E-state index contributed by atoms with van der Waals surface area (Å²) in [4.78, 5) is 8.90. The number of carboxylic acids is 1. The van der Waals surface area contributed by atoms with Gasteiger partial charge in [0.15, 0.2) is 0 Å². The van der Waals surface area contributed by atoms with Crippen LogP contribution in [0.25, 0.3) is 0 Å². The number of carbonyl (C=O) groups is 1. The van der Waals surface area contributed by atoms with Crippen molar-refractivity contribution < 1.29 is 23.1 Å². The summed E-state index contributed by atoms with van der Waals surface area (Å²) >= 11 is 3.44. The number of rotatable bonds is 1. The molecule has 7 heteroatoms. The molecule has 1 aliphatic rings. The van der Waals surface area contributed by atoms with Crippen LogP contribution in [0.2, 0.25) is 0 Å². The zero-order valence-corrected chi connectivity index (χ0v) is 11.5. The molecular weight excluding hydrogens is 327 g/mol. The van der Waals surface area contributed by atoms with E-state index >= 15 is 0 Å². The second kappa shape index (κ2) is 6.91. The predicted octanol–water partition coefficient (Wildman–Crippen LogP) is 3.16. The normalized spacial score (nSPS) is 18.6. The zero-order valence-electron chi connectivity index (χ0n) is 9.88. The molecule has 0 saturated carbocycles. The van der Waals surface area contributed by atoms with Crippen molar-refractivity contribution in [2.45, 2.75) is 18.5 Å². The van der Waals surface area contributed by atoms with Crippen LogP contribution in [0.4, 0.5) is 13.2 Å². The molecule has 1 fully saturated rings. The van der Waals surface area contributed by atoms with E-state index in [1.54, 1.807) is 0 Å². The number of halogens is 4. The minimum atomic E-state index is -5.08. The fourth-order valence-electron chi connectivity index (χ4n) is 1.67. The number of aliphatic carboxylic acids is 1. The Bertz CT molecular complexity index is 414. The van der Waals surface area contributed by atoms with Gasteiger partial charge >= 0.3 is 12.1 Å². The van der Waals surface area contributed by atoms with E-state index in [4.69, 9.17) is 9.90 Å². The Morgan fingerprint density at radius 3 is 2.21 bits per heavy atom. The van der Waals surface area contributed by atoms with Crippen LogP contribution in [0.15, 0.2) is 28.7 Å². The van der Waals surface area contributed by atoms with Crippen LogP contribution in [-0.2, 0) is 4.79 Å². The summed E-state index contributed by atoms with van der Waals surface area (Å²) in [5.41, 5.74) is 1.46. The largest absolute Gasteiger partial charge is 0.490 e. The lowest BCUT2D eigenvalue weighted by molar-refractivity contribution is -0.192. The van der Waals surface area contributed by atoms with Crippen LogP contribution in [-0.4, -0.2) is 30.3 Å². The molecule has 0 spiro atoms. The second-order valence-corrected chi connectivity index (χ2v) is 4.96. The molecule has 1 saturated heterocycles. The predicted molar refractivity (Wildman–Crippen MR) is 68.1 cm³/mol. The molecule has 0 amide bonds. The molecule has 0 aliphatic carbocycles. The van der Waals surface area contributed by atoms with Crippen molar-refractivity contribution in [2.24, 2.45) is 0 Å². The molecule has 1 aromatic carbocycles. The summed E-state index contributed by atoms with van der Waals surface area (Å²) in [5.74, 6) is -2.02. The van der Waals surface area contributed by atoms with Crippen LogP contribution in [0, 0.1) is 0 Å². The Labute approximate surface area is 116 Å². The van der Waals surface area contributed by atoms with Gasteiger partial charge in [0.2, 0.25) is 0 Å². The summed E-state index contributed by atoms with van der Waals surface area (Å²) in [6.45, 7) is 2.31. The van der Waals surface area contributed by atoms with Gasteiger partial charge in [-0.1, -0.05) is 28.1 Å². The maximum Gasteiger partial charge on any atom is 0.490 e. The van der Waals surface area contributed by atoms with E-state index in [0.717, 1.165) is 16.9 Å². The minimum absolute atomic E-state index is 0.734. The Morgan fingerprint density at radius 1 is 1.32 bits per heavy atom. The van der Waals surface area contributed by atoms with Crippen molar-refractivity contribution in [2.75, 3.05) is 13.1 Å². The lowest BCUT2D eigenvalue weighted by atomic mass is 9.99. The Balaban J connectivity index is 0.000000224. The van der Waals surface area contributed by atoms with Crippen LogP contribution < -0.4 is 5.32 Å². The van der Waals surface area contributed by atoms with E-state index < -0.39 is 12.1 Å². The van der Waals surface area contributed by atoms with Crippen LogP contribution in [0.3, 0.4) is 0 Å². The minimum Gasteiger partial charge on any atom is -0.475 e. The summed E-state index contributed by atoms with van der Waals surface area (Å²) in [6.07, 6.45) is -3.80. The number of nitrogens with one attached hydrogen (secondary N) is 1. The number of carboxylic acid groups (broad SMARTS) is 1. The van der Waals surface area contributed by atoms with Gasteiger partial charge < -0.3 is 10.4 Å². The van der Waals surface area contributed by atoms with Gasteiger partial charge in [-0.05, 0) is 36.6 Å². The van der Waals surface area contributed by atoms with Gasteiger partial charge in [0.05, 0.1) is 0 Å². The first-order chi connectivity index (χ1) is 8.80. The van der Waals surface area contributed by atoms with Crippen molar-refractivity contribution >= 4 is 21.9 Å². The molecule has 3 nitrogen and oxygen atoms in total. The Morgan fingerprint density at radius 2 is 1.84 bits per heavy atom. The maximum atomic E-state index is 10.6. The first-order valence-electron chi connectivity index (χ1n) is 5.57. The molecule has 1 atom stereocenters. The first kappa shape index (κ1) is 16.0. The smallest absolute Gasteiger partial charge is 0.475 e. The van der Waals surface area contributed by atoms with E-state index in [0.29, 0.717) is 0 Å². The van der Waals surface area contributed by atoms with Gasteiger partial charge in [-0.15, -0.1) is 0 Å². The second-order valence-electron chi connectivity index (χ2n) is 4.04. The summed E-state index contributed by atoms with van der Waals surface area (Å²) in [7, 11) is 0. The molecule has 0 aromatic heterocycles. The summed E-state index contributed by atoms with van der Waals surface area (Å²) in [5, 5.41) is 10.5. The highest BCUT2D eigenvalue weighted by molar-refractivity contribution is 9.10. The van der Waals surface area contributed by atoms with E-state index in [-0.39, 0.29) is 0 Å². The molecule has 19 heavy (non-hydrogen) atoms. The number of alkyl halides is 3. The maximum absolute atomic E-state index is 10.6. The molecule has 106 valence electrons. The number of benzene rings is 1. The SMILES string of the molecule is Brc1ccc(C2CCNC2)cc1.O=C(O)C(F)(F)F. The molecule has 0 radical (unpaired) electrons. The van der Waals surface area contributed by atoms with Crippen molar-refractivity contribution in [1.29, 1.82) is 0 Å². The zero-order chi connectivity index (χ0) is 14.5. The van der Waals surface area contributed by atoms with Crippen molar-refractivity contribution in [3.63, 3.8) is 0 Å². The van der Waals surface area contributed by atoms with Gasteiger partial charge in [-0.3, -0.25) is 0 Å². The molecule has 1 aromatic rings. The monoisotopic (exact) mass is 339 g/mol. The van der Waals surface area contributed by atoms with Crippen molar-refractivity contribution in [3.05, 3.63) is 34.3 Å². The van der Waals surface area contributed by atoms with Crippen LogP contribution in [0.1, 0.15) is 17.9 Å². The molecule has 1 unspecified atom stereocenters. The molecule has 1 aliphatic heterocycles. The van der Waals surface area contributed by atoms with E-state index in [9.17, 15) is 13.2 Å². The van der Waals surface area contributed by atoms with Crippen molar-refractivity contribution in [1.82, 2.24) is 5.32 Å². The fraction of sp³-hybridized carbons (Fsp3) is 0.417. The van der Waals surface area contributed by atoms with E-state index in [2.05, 4.69) is 45.5 Å². The quantitative estimate of drug-likeness (QED) is 0.826. The average Bonchev–Trinajstić information content (AvgIpc) is 2.83. The molecular formula is C12H13BrF3NO2. The average molecular weight is 340 g/mol. The highest BCUT2D eigenvalue weighted by atomic mass is 79.9. The summed E-state index contributed by atoms with van der Waals surface area (Å²) in [6, 6.07) is 8.66. The van der Waals surface area contributed by atoms with Gasteiger partial charge in [-0.2, -0.15) is 13.2 Å². The van der Waals surface area contributed by atoms with Gasteiger partial charge in [0.25, 0.3) is 0 Å². The number of hydrogen-bond acceptors (Lipinski definition) is 2. The third kappa shape index (κ3) is 5.61. The lowest BCUT2D eigenvalue weighted by Gasteiger charge is -2.07. The highest BCUT2D eigenvalue weighted by Crippen LogP contribution is 2.23. The van der Waals surface area contributed by atoms with Crippen LogP contribution >= 0.6 is 15.9 Å². The molecule has 2 N–H and O–H groups in total. The topological polar surface area (TPSA) is 49.3 Å². The number of hydrogen-bond donors (Lipinski definition) is 2. The standard InChI is InChI=1S/C10H12BrN.C2HF3O2/c11-10-3-1-8(2-4-10)9-5-6-12-7-9;3-2(4,5)1(6)7/h1-4,9,12H,5-7H2;(H,6,7). The lowest BCUT2D eigenvalue weighted by Crippen LogP contribution is -2.21. The van der Waals surface area contributed by atoms with Gasteiger partial charge in [0.1, 0.15) is 0 Å². The van der Waals surface area contributed by atoms with Gasteiger partial charge in [0, 0.05) is 11.0 Å². The molecule has 1 heterocycles. The van der Waals surface area contributed by atoms with Crippen LogP contribution in [0.5, 0.6) is 0 Å². The fourth-order valence-corrected chi connectivity index (χ4v) is 1.94. The first-order valence-corrected chi connectivity index (χ1v) is 6.36. The van der Waals surface area contributed by atoms with E-state index in [1.807, 2.05) is 0 Å². The molecule has 2 rings (SSSR count). The third-order valence-corrected chi connectivity index (χ3v) is 3.17. The third-order valence-electron chi connectivity index (χ3n) is 2.64. The Hall–Kier alpha value is -1.08. The Kier molecular flexibility index (Phi) is 5.81. The van der Waals surface area contributed by atoms with E-state index in [1.165, 1.54) is 18.5 Å². The van der Waals surface area contributed by atoms with Gasteiger partial charge in [-0.25, -0.2) is 4.79 Å². The van der Waals surface area contributed by atoms with Crippen molar-refractivity contribution in [3.8, 4) is 0 Å². The highest BCUT2D eigenvalue weighted by Gasteiger charge is 2.38.